The summed E-state index contributed by atoms with van der Waals surface area (Å²) < 4.78 is 46.3. The summed E-state index contributed by atoms with van der Waals surface area (Å²) in [5, 5.41) is 26.4. The van der Waals surface area contributed by atoms with Gasteiger partial charge in [0.15, 0.2) is 0 Å². The third-order valence-corrected chi connectivity index (χ3v) is 4.73. The van der Waals surface area contributed by atoms with Crippen molar-refractivity contribution >= 4 is 17.3 Å². The van der Waals surface area contributed by atoms with Crippen molar-refractivity contribution in [3.63, 3.8) is 0 Å². The Hall–Kier alpha value is -2.63. The summed E-state index contributed by atoms with van der Waals surface area (Å²) in [5.74, 6) is -0.510. The van der Waals surface area contributed by atoms with Gasteiger partial charge < -0.3 is 25.2 Å². The average Bonchev–Trinajstić information content (AvgIpc) is 3.06. The second-order valence-corrected chi connectivity index (χ2v) is 8.34. The highest BCUT2D eigenvalue weighted by Gasteiger charge is 2.36. The maximum atomic E-state index is 13.2. The first-order valence-electron chi connectivity index (χ1n) is 9.64. The molecule has 2 aromatic rings. The van der Waals surface area contributed by atoms with Crippen LogP contribution in [0.1, 0.15) is 55.4 Å². The van der Waals surface area contributed by atoms with Gasteiger partial charge in [0.05, 0.1) is 35.7 Å². The summed E-state index contributed by atoms with van der Waals surface area (Å²) in [6.07, 6.45) is -4.64. The molecule has 0 spiro atoms. The Kier molecular flexibility index (Phi) is 6.05. The lowest BCUT2D eigenvalue weighted by Crippen LogP contribution is -2.43. The van der Waals surface area contributed by atoms with E-state index in [0.29, 0.717) is 0 Å². The molecular formula is C20H25F3N4O4. The first-order chi connectivity index (χ1) is 14.3. The lowest BCUT2D eigenvalue weighted by atomic mass is 10.0. The van der Waals surface area contributed by atoms with E-state index in [1.807, 2.05) is 0 Å². The molecule has 3 N–H and O–H groups in total. The number of hydrogen-bond acceptors (Lipinski definition) is 6. The summed E-state index contributed by atoms with van der Waals surface area (Å²) in [5.41, 5.74) is -1.33. The quantitative estimate of drug-likeness (QED) is 0.616. The molecule has 0 fully saturated rings. The molecule has 1 aromatic carbocycles. The zero-order valence-corrected chi connectivity index (χ0v) is 17.6. The molecule has 11 heteroatoms. The molecule has 0 bridgehead atoms. The largest absolute Gasteiger partial charge is 0.416 e. The van der Waals surface area contributed by atoms with Crippen LogP contribution in [0, 0.1) is 0 Å². The number of alkyl halides is 3. The fraction of sp³-hybridized carbons (Fsp3) is 0.500. The number of amides is 1. The van der Waals surface area contributed by atoms with Crippen molar-refractivity contribution in [2.75, 3.05) is 16.8 Å². The van der Waals surface area contributed by atoms with Crippen molar-refractivity contribution in [3.8, 4) is 0 Å². The lowest BCUT2D eigenvalue weighted by Gasteiger charge is -2.33. The van der Waals surface area contributed by atoms with Crippen molar-refractivity contribution < 1.29 is 32.9 Å². The van der Waals surface area contributed by atoms with E-state index in [9.17, 15) is 28.2 Å². The van der Waals surface area contributed by atoms with Crippen LogP contribution in [-0.4, -0.2) is 44.5 Å². The SMILES string of the molecule is C[C@H]1CN(c2ccc(C(F)(F)F)c(CO)c2)C(=O)c2c(NC(O)OC(C)(C)C)cnn21. The third-order valence-electron chi connectivity index (χ3n) is 4.73. The average molecular weight is 442 g/mol. The Balaban J connectivity index is 1.94. The highest BCUT2D eigenvalue weighted by molar-refractivity contribution is 6.09. The van der Waals surface area contributed by atoms with Gasteiger partial charge in [0.25, 0.3) is 5.91 Å². The number of carbonyl (C=O) groups excluding carboxylic acids is 1. The number of benzene rings is 1. The van der Waals surface area contributed by atoms with Gasteiger partial charge in [-0.3, -0.25) is 9.48 Å². The molecule has 1 aliphatic rings. The van der Waals surface area contributed by atoms with E-state index < -0.39 is 36.3 Å². The minimum Gasteiger partial charge on any atom is -0.392 e. The van der Waals surface area contributed by atoms with Crippen LogP contribution in [0.2, 0.25) is 0 Å². The molecule has 0 aliphatic carbocycles. The molecule has 0 radical (unpaired) electrons. The van der Waals surface area contributed by atoms with Gasteiger partial charge in [0.2, 0.25) is 6.41 Å². The van der Waals surface area contributed by atoms with Gasteiger partial charge >= 0.3 is 6.18 Å². The number of hydrogen-bond donors (Lipinski definition) is 3. The van der Waals surface area contributed by atoms with Crippen LogP contribution in [0.3, 0.4) is 0 Å². The Labute approximate surface area is 177 Å². The molecule has 2 heterocycles. The van der Waals surface area contributed by atoms with Crippen molar-refractivity contribution in [2.24, 2.45) is 0 Å². The molecule has 31 heavy (non-hydrogen) atoms. The monoisotopic (exact) mass is 442 g/mol. The number of aliphatic hydroxyl groups excluding tert-OH is 2. The second kappa shape index (κ2) is 8.13. The topological polar surface area (TPSA) is 99.8 Å². The van der Waals surface area contributed by atoms with E-state index in [-0.39, 0.29) is 35.2 Å². The van der Waals surface area contributed by atoms with Crippen LogP contribution in [0.25, 0.3) is 0 Å². The number of anilines is 2. The van der Waals surface area contributed by atoms with Gasteiger partial charge in [-0.25, -0.2) is 0 Å². The van der Waals surface area contributed by atoms with Gasteiger partial charge in [-0.05, 0) is 51.5 Å². The normalized spacial score (nSPS) is 18.2. The summed E-state index contributed by atoms with van der Waals surface area (Å²) in [7, 11) is 0. The Morgan fingerprint density at radius 2 is 2.00 bits per heavy atom. The van der Waals surface area contributed by atoms with Gasteiger partial charge in [-0.2, -0.15) is 18.3 Å². The second-order valence-electron chi connectivity index (χ2n) is 8.34. The maximum absolute atomic E-state index is 13.2. The minimum atomic E-state index is -4.62. The van der Waals surface area contributed by atoms with Gasteiger partial charge in [0.1, 0.15) is 5.69 Å². The van der Waals surface area contributed by atoms with Crippen molar-refractivity contribution in [3.05, 3.63) is 41.2 Å². The standard InChI is InChI=1S/C20H25F3N4O4/c1-11-9-26(13-5-6-14(20(21,22)23)12(7-13)10-28)17(29)16-15(8-24-27(11)16)25-18(30)31-19(2,3)4/h5-8,11,18,25,28,30H,9-10H2,1-4H3/t11-,18?/m0/s1. The van der Waals surface area contributed by atoms with Crippen molar-refractivity contribution in [1.29, 1.82) is 0 Å². The summed E-state index contributed by atoms with van der Waals surface area (Å²) in [4.78, 5) is 14.5. The van der Waals surface area contributed by atoms with Crippen LogP contribution in [-0.2, 0) is 17.5 Å². The van der Waals surface area contributed by atoms with E-state index in [1.165, 1.54) is 21.8 Å². The van der Waals surface area contributed by atoms with E-state index in [4.69, 9.17) is 4.74 Å². The Morgan fingerprint density at radius 3 is 2.58 bits per heavy atom. The molecule has 3 rings (SSSR count). The number of rotatable bonds is 5. The summed E-state index contributed by atoms with van der Waals surface area (Å²) in [6, 6.07) is 2.92. The third kappa shape index (κ3) is 4.83. The first kappa shape index (κ1) is 23.0. The molecule has 8 nitrogen and oxygen atoms in total. The molecule has 1 aliphatic heterocycles. The van der Waals surface area contributed by atoms with Gasteiger partial charge in [-0.15, -0.1) is 0 Å². The van der Waals surface area contributed by atoms with Crippen LogP contribution in [0.4, 0.5) is 24.5 Å². The van der Waals surface area contributed by atoms with E-state index in [2.05, 4.69) is 10.4 Å². The van der Waals surface area contributed by atoms with Crippen LogP contribution in [0.5, 0.6) is 0 Å². The summed E-state index contributed by atoms with van der Waals surface area (Å²) >= 11 is 0. The van der Waals surface area contributed by atoms with E-state index in [0.717, 1.165) is 12.1 Å². The number of halogens is 3. The maximum Gasteiger partial charge on any atom is 0.416 e. The molecular weight excluding hydrogens is 417 g/mol. The van der Waals surface area contributed by atoms with Gasteiger partial charge in [-0.1, -0.05) is 0 Å². The fourth-order valence-electron chi connectivity index (χ4n) is 3.44. The molecule has 0 saturated heterocycles. The molecule has 1 unspecified atom stereocenters. The zero-order valence-electron chi connectivity index (χ0n) is 17.6. The highest BCUT2D eigenvalue weighted by atomic mass is 19.4. The smallest absolute Gasteiger partial charge is 0.392 e. The fourth-order valence-corrected chi connectivity index (χ4v) is 3.44. The van der Waals surface area contributed by atoms with Crippen LogP contribution in [0.15, 0.2) is 24.4 Å². The number of fused-ring (bicyclic) bond motifs is 1. The predicted octanol–water partition coefficient (Wildman–Crippen LogP) is 3.12. The number of nitrogens with one attached hydrogen (secondary N) is 1. The minimum absolute atomic E-state index is 0.140. The summed E-state index contributed by atoms with van der Waals surface area (Å²) in [6.45, 7) is 6.42. The first-order valence-corrected chi connectivity index (χ1v) is 9.64. The molecule has 1 aromatic heterocycles. The molecule has 0 saturated carbocycles. The zero-order chi connectivity index (χ0) is 23.1. The van der Waals surface area contributed by atoms with Crippen molar-refractivity contribution in [2.45, 2.75) is 58.5 Å². The molecule has 170 valence electrons. The van der Waals surface area contributed by atoms with E-state index in [1.54, 1.807) is 27.7 Å². The number of aliphatic hydroxyl groups is 2. The lowest BCUT2D eigenvalue weighted by molar-refractivity contribution is -0.148. The molecule has 2 atom stereocenters. The highest BCUT2D eigenvalue weighted by Crippen LogP contribution is 2.36. The van der Waals surface area contributed by atoms with Crippen LogP contribution < -0.4 is 10.2 Å². The van der Waals surface area contributed by atoms with Crippen molar-refractivity contribution in [1.82, 2.24) is 9.78 Å². The van der Waals surface area contributed by atoms with Gasteiger partial charge in [0, 0.05) is 12.2 Å². The molecule has 1 amide bonds. The number of ether oxygens (including phenoxy) is 1. The number of carbonyl (C=O) groups is 1. The Morgan fingerprint density at radius 1 is 1.32 bits per heavy atom. The predicted molar refractivity (Wildman–Crippen MR) is 106 cm³/mol. The van der Waals surface area contributed by atoms with E-state index >= 15 is 0 Å². The van der Waals surface area contributed by atoms with Crippen LogP contribution >= 0.6 is 0 Å². The number of aromatic nitrogens is 2. The number of nitrogens with zero attached hydrogens (tertiary/aromatic N) is 3. The Bertz CT molecular complexity index is 968.